The van der Waals surface area contributed by atoms with Crippen LogP contribution in [0.1, 0.15) is 23.5 Å². The van der Waals surface area contributed by atoms with Gasteiger partial charge < -0.3 is 0 Å². The van der Waals surface area contributed by atoms with Crippen LogP contribution in [0.25, 0.3) is 4.91 Å². The summed E-state index contributed by atoms with van der Waals surface area (Å²) in [5, 5.41) is 4.84. The van der Waals surface area contributed by atoms with Crippen molar-refractivity contribution in [3.05, 3.63) is 39.9 Å². The molecule has 3 rings (SSSR count). The van der Waals surface area contributed by atoms with Crippen molar-refractivity contribution in [2.45, 2.75) is 30.0 Å². The van der Waals surface area contributed by atoms with Crippen LogP contribution in [0.15, 0.2) is 28.0 Å². The monoisotopic (exact) mass is 446 g/mol. The zero-order valence-corrected chi connectivity index (χ0v) is 17.3. The van der Waals surface area contributed by atoms with Crippen molar-refractivity contribution in [2.24, 2.45) is 0 Å². The Balaban J connectivity index is 1.87. The highest BCUT2D eigenvalue weighted by molar-refractivity contribution is 9.10. The number of hydrogen-bond acceptors (Lipinski definition) is 7. The molecule has 2 aromatic rings. The summed E-state index contributed by atoms with van der Waals surface area (Å²) in [5.74, 6) is 0. The van der Waals surface area contributed by atoms with E-state index in [1.807, 2.05) is 12.3 Å². The molecule has 0 saturated heterocycles. The number of halogens is 1. The smallest absolute Gasteiger partial charge is 0.231 e. The van der Waals surface area contributed by atoms with Crippen LogP contribution in [-0.2, 0) is 10.0 Å². The molecule has 0 N–H and O–H groups in total. The summed E-state index contributed by atoms with van der Waals surface area (Å²) < 4.78 is 27.1. The number of rotatable bonds is 4. The van der Waals surface area contributed by atoms with Gasteiger partial charge in [-0.1, -0.05) is 17.8 Å². The van der Waals surface area contributed by atoms with Crippen LogP contribution in [0.5, 0.6) is 0 Å². The molecule has 0 aliphatic carbocycles. The predicted octanol–water partition coefficient (Wildman–Crippen LogP) is 3.46. The molecule has 24 heavy (non-hydrogen) atoms. The molecule has 0 amide bonds. The zero-order valence-electron chi connectivity index (χ0n) is 13.2. The lowest BCUT2D eigenvalue weighted by atomic mass is 10.3. The number of aryl methyl sites for hydroxylation is 1. The molecule has 0 radical (unpaired) electrons. The second-order valence-electron chi connectivity index (χ2n) is 5.15. The third-order valence-electron chi connectivity index (χ3n) is 3.56. The maximum atomic E-state index is 12.9. The highest BCUT2D eigenvalue weighted by atomic mass is 79.9. The molecule has 10 heteroatoms. The van der Waals surface area contributed by atoms with Crippen molar-refractivity contribution >= 4 is 54.4 Å². The summed E-state index contributed by atoms with van der Waals surface area (Å²) in [6, 6.07) is 1.80. The number of aromatic nitrogens is 4. The summed E-state index contributed by atoms with van der Waals surface area (Å²) in [4.78, 5) is 9.45. The van der Waals surface area contributed by atoms with E-state index < -0.39 is 14.6 Å². The molecule has 0 spiro atoms. The third-order valence-corrected chi connectivity index (χ3v) is 9.07. The van der Waals surface area contributed by atoms with Crippen LogP contribution in [0.2, 0.25) is 0 Å². The van der Waals surface area contributed by atoms with Gasteiger partial charge in [0.2, 0.25) is 0 Å². The first-order valence-corrected chi connectivity index (χ1v) is 11.4. The minimum absolute atomic E-state index is 0.427. The van der Waals surface area contributed by atoms with Gasteiger partial charge in [0, 0.05) is 11.1 Å². The van der Waals surface area contributed by atoms with Crippen LogP contribution in [0, 0.1) is 13.8 Å². The summed E-state index contributed by atoms with van der Waals surface area (Å²) >= 11 is 6.14. The number of thioether (sulfide) groups is 2. The average molecular weight is 447 g/mol. The second-order valence-corrected chi connectivity index (χ2v) is 10.2. The van der Waals surface area contributed by atoms with E-state index in [-0.39, 0.29) is 0 Å². The van der Waals surface area contributed by atoms with Crippen LogP contribution >= 0.6 is 39.5 Å². The Kier molecular flexibility index (Phi) is 5.10. The van der Waals surface area contributed by atoms with Crippen molar-refractivity contribution in [1.82, 2.24) is 19.2 Å². The molecule has 2 aromatic heterocycles. The Labute approximate surface area is 157 Å². The van der Waals surface area contributed by atoms with Crippen molar-refractivity contribution in [1.29, 1.82) is 0 Å². The van der Waals surface area contributed by atoms with Gasteiger partial charge >= 0.3 is 0 Å². The normalized spacial score (nSPS) is 18.0. The van der Waals surface area contributed by atoms with Gasteiger partial charge in [0.25, 0.3) is 10.0 Å². The predicted molar refractivity (Wildman–Crippen MR) is 102 cm³/mol. The molecule has 1 aliphatic heterocycles. The molecule has 3 heterocycles. The van der Waals surface area contributed by atoms with Gasteiger partial charge in [0.15, 0.2) is 5.16 Å². The van der Waals surface area contributed by atoms with E-state index in [0.717, 1.165) is 19.2 Å². The third kappa shape index (κ3) is 3.16. The molecule has 0 fully saturated rings. The summed E-state index contributed by atoms with van der Waals surface area (Å²) in [7, 11) is -3.59. The highest BCUT2D eigenvalue weighted by Gasteiger charge is 2.35. The van der Waals surface area contributed by atoms with Gasteiger partial charge in [-0.25, -0.2) is 18.4 Å². The van der Waals surface area contributed by atoms with E-state index in [4.69, 9.17) is 0 Å². The maximum absolute atomic E-state index is 12.9. The van der Waals surface area contributed by atoms with E-state index in [9.17, 15) is 8.42 Å². The average Bonchev–Trinajstić information content (AvgIpc) is 3.17. The lowest BCUT2D eigenvalue weighted by molar-refractivity contribution is 0.575. The lowest BCUT2D eigenvalue weighted by Crippen LogP contribution is -2.25. The van der Waals surface area contributed by atoms with Crippen LogP contribution in [-0.4, -0.2) is 38.4 Å². The molecule has 1 aliphatic rings. The number of allylic oxidation sites excluding steroid dienone is 1. The second kappa shape index (κ2) is 6.81. The molecule has 128 valence electrons. The lowest BCUT2D eigenvalue weighted by Gasteiger charge is -2.13. The number of nitrogens with zero attached hydrogens (tertiary/aromatic N) is 4. The van der Waals surface area contributed by atoms with E-state index in [1.54, 1.807) is 26.1 Å². The molecule has 1 unspecified atom stereocenters. The van der Waals surface area contributed by atoms with E-state index in [1.165, 1.54) is 23.5 Å². The standard InChI is InChI=1S/C14H15BrN4O2S3/c1-8-13(15)9(2)19(18-8)24(20,21)12-5-4-11(23-12)10-6-7-16-14(17-10)22-3/h4,6-7,12H,5H2,1-3H3. The van der Waals surface area contributed by atoms with Crippen LogP contribution < -0.4 is 0 Å². The molecule has 6 nitrogen and oxygen atoms in total. The van der Waals surface area contributed by atoms with Gasteiger partial charge in [0.1, 0.15) is 4.58 Å². The Bertz CT molecular complexity index is 924. The molecule has 1 atom stereocenters. The fourth-order valence-electron chi connectivity index (χ4n) is 2.32. The van der Waals surface area contributed by atoms with Gasteiger partial charge in [0.05, 0.1) is 21.6 Å². The summed E-state index contributed by atoms with van der Waals surface area (Å²) in [6.45, 7) is 3.52. The van der Waals surface area contributed by atoms with Gasteiger partial charge in [-0.15, -0.1) is 11.8 Å². The topological polar surface area (TPSA) is 77.7 Å². The van der Waals surface area contributed by atoms with Gasteiger partial charge in [-0.05, 0) is 48.5 Å². The Morgan fingerprint density at radius 1 is 1.42 bits per heavy atom. The number of hydrogen-bond donors (Lipinski definition) is 0. The minimum Gasteiger partial charge on any atom is -0.231 e. The van der Waals surface area contributed by atoms with E-state index in [0.29, 0.717) is 23.0 Å². The van der Waals surface area contributed by atoms with Gasteiger partial charge in [-0.2, -0.15) is 9.19 Å². The zero-order chi connectivity index (χ0) is 17.5. The first kappa shape index (κ1) is 18.0. The van der Waals surface area contributed by atoms with E-state index >= 15 is 0 Å². The highest BCUT2D eigenvalue weighted by Crippen LogP contribution is 2.42. The molecular formula is C14H15BrN4O2S3. The first-order chi connectivity index (χ1) is 11.3. The minimum atomic E-state index is -3.59. The SMILES string of the molecule is CSc1nccc(C2=CCC(S(=O)(=O)n3nc(C)c(Br)c3C)S2)n1. The molecule has 0 bridgehead atoms. The quantitative estimate of drug-likeness (QED) is 0.525. The molecule has 0 saturated carbocycles. The molecular weight excluding hydrogens is 432 g/mol. The Morgan fingerprint density at radius 2 is 2.17 bits per heavy atom. The van der Waals surface area contributed by atoms with Crippen molar-refractivity contribution < 1.29 is 8.42 Å². The first-order valence-electron chi connectivity index (χ1n) is 7.05. The summed E-state index contributed by atoms with van der Waals surface area (Å²) in [5.41, 5.74) is 2.01. The van der Waals surface area contributed by atoms with Crippen molar-refractivity contribution in [2.75, 3.05) is 6.26 Å². The van der Waals surface area contributed by atoms with Crippen LogP contribution in [0.4, 0.5) is 0 Å². The van der Waals surface area contributed by atoms with Crippen molar-refractivity contribution in [3.8, 4) is 0 Å². The Hall–Kier alpha value is -0.840. The Morgan fingerprint density at radius 3 is 2.79 bits per heavy atom. The fraction of sp³-hybridized carbons (Fsp3) is 0.357. The summed E-state index contributed by atoms with van der Waals surface area (Å²) in [6.07, 6.45) is 5.94. The van der Waals surface area contributed by atoms with Crippen LogP contribution in [0.3, 0.4) is 0 Å². The van der Waals surface area contributed by atoms with Crippen molar-refractivity contribution in [3.63, 3.8) is 0 Å². The largest absolute Gasteiger partial charge is 0.267 e. The fourth-order valence-corrected chi connectivity index (χ4v) is 6.26. The maximum Gasteiger partial charge on any atom is 0.267 e. The van der Waals surface area contributed by atoms with E-state index in [2.05, 4.69) is 31.0 Å². The molecule has 0 aromatic carbocycles. The van der Waals surface area contributed by atoms with Gasteiger partial charge in [-0.3, -0.25) is 0 Å².